The first-order valence-electron chi connectivity index (χ1n) is 5.42. The SMILES string of the molecule is CC(C)(C)Cc1ccc2onc(C(N)=O)c2n1. The minimum Gasteiger partial charge on any atom is -0.364 e. The van der Waals surface area contributed by atoms with Gasteiger partial charge in [0, 0.05) is 5.69 Å². The summed E-state index contributed by atoms with van der Waals surface area (Å²) in [5, 5.41) is 3.62. The van der Waals surface area contributed by atoms with Crippen LogP contribution in [0.3, 0.4) is 0 Å². The number of aromatic nitrogens is 2. The summed E-state index contributed by atoms with van der Waals surface area (Å²) in [6.07, 6.45) is 0.812. The second-order valence-electron chi connectivity index (χ2n) is 5.28. The van der Waals surface area contributed by atoms with Crippen molar-refractivity contribution < 1.29 is 9.32 Å². The summed E-state index contributed by atoms with van der Waals surface area (Å²) in [4.78, 5) is 15.5. The predicted octanol–water partition coefficient (Wildman–Crippen LogP) is 1.91. The molecule has 0 spiro atoms. The lowest BCUT2D eigenvalue weighted by Gasteiger charge is -2.16. The van der Waals surface area contributed by atoms with Crippen molar-refractivity contribution in [1.29, 1.82) is 0 Å². The zero-order valence-electron chi connectivity index (χ0n) is 10.2. The van der Waals surface area contributed by atoms with Gasteiger partial charge in [-0.25, -0.2) is 4.98 Å². The summed E-state index contributed by atoms with van der Waals surface area (Å²) >= 11 is 0. The highest BCUT2D eigenvalue weighted by molar-refractivity contribution is 6.01. The molecule has 2 aromatic heterocycles. The fraction of sp³-hybridized carbons (Fsp3) is 0.417. The van der Waals surface area contributed by atoms with Crippen LogP contribution in [0.15, 0.2) is 16.7 Å². The quantitative estimate of drug-likeness (QED) is 0.858. The molecule has 90 valence electrons. The van der Waals surface area contributed by atoms with Gasteiger partial charge in [0.15, 0.2) is 11.3 Å². The molecule has 2 aromatic rings. The van der Waals surface area contributed by atoms with Crippen LogP contribution in [0.4, 0.5) is 0 Å². The molecule has 2 heterocycles. The van der Waals surface area contributed by atoms with Crippen molar-refractivity contribution in [2.24, 2.45) is 11.1 Å². The third-order valence-electron chi connectivity index (χ3n) is 2.32. The number of hydrogen-bond acceptors (Lipinski definition) is 4. The molecular formula is C12H15N3O2. The number of amides is 1. The van der Waals surface area contributed by atoms with Gasteiger partial charge >= 0.3 is 0 Å². The van der Waals surface area contributed by atoms with Crippen molar-refractivity contribution in [2.45, 2.75) is 27.2 Å². The highest BCUT2D eigenvalue weighted by atomic mass is 16.5. The second kappa shape index (κ2) is 3.84. The maximum absolute atomic E-state index is 11.1. The van der Waals surface area contributed by atoms with Gasteiger partial charge in [0.05, 0.1) is 0 Å². The van der Waals surface area contributed by atoms with Crippen LogP contribution in [0.2, 0.25) is 0 Å². The monoisotopic (exact) mass is 233 g/mol. The molecule has 0 fully saturated rings. The Morgan fingerprint density at radius 2 is 2.12 bits per heavy atom. The Labute approximate surface area is 99.0 Å². The van der Waals surface area contributed by atoms with Crippen molar-refractivity contribution in [1.82, 2.24) is 10.1 Å². The van der Waals surface area contributed by atoms with Gasteiger partial charge in [-0.15, -0.1) is 0 Å². The van der Waals surface area contributed by atoms with Gasteiger partial charge in [-0.2, -0.15) is 0 Å². The average Bonchev–Trinajstić information content (AvgIpc) is 2.57. The van der Waals surface area contributed by atoms with E-state index in [0.29, 0.717) is 11.1 Å². The molecule has 17 heavy (non-hydrogen) atoms. The topological polar surface area (TPSA) is 82.0 Å². The summed E-state index contributed by atoms with van der Waals surface area (Å²) < 4.78 is 4.98. The van der Waals surface area contributed by atoms with E-state index in [-0.39, 0.29) is 11.1 Å². The lowest BCUT2D eigenvalue weighted by Crippen LogP contribution is -2.13. The Kier molecular flexibility index (Phi) is 2.61. The number of nitrogens with zero attached hydrogens (tertiary/aromatic N) is 2. The van der Waals surface area contributed by atoms with Crippen LogP contribution in [0.1, 0.15) is 37.0 Å². The first-order valence-corrected chi connectivity index (χ1v) is 5.42. The molecule has 1 amide bonds. The van der Waals surface area contributed by atoms with E-state index in [1.807, 2.05) is 6.07 Å². The molecule has 0 bridgehead atoms. The van der Waals surface area contributed by atoms with E-state index in [2.05, 4.69) is 30.9 Å². The first kappa shape index (κ1) is 11.6. The van der Waals surface area contributed by atoms with Crippen LogP contribution in [0, 0.1) is 5.41 Å². The summed E-state index contributed by atoms with van der Waals surface area (Å²) in [6.45, 7) is 6.38. The van der Waals surface area contributed by atoms with Crippen molar-refractivity contribution >= 4 is 17.0 Å². The van der Waals surface area contributed by atoms with E-state index in [1.165, 1.54) is 0 Å². The molecule has 0 saturated heterocycles. The van der Waals surface area contributed by atoms with Crippen molar-refractivity contribution in [3.8, 4) is 0 Å². The Morgan fingerprint density at radius 3 is 2.71 bits per heavy atom. The van der Waals surface area contributed by atoms with Crippen molar-refractivity contribution in [2.75, 3.05) is 0 Å². The smallest absolute Gasteiger partial charge is 0.273 e. The summed E-state index contributed by atoms with van der Waals surface area (Å²) in [6, 6.07) is 3.65. The Bertz CT molecular complexity index is 567. The Hall–Kier alpha value is -1.91. The third kappa shape index (κ3) is 2.43. The number of pyridine rings is 1. The zero-order valence-corrected chi connectivity index (χ0v) is 10.2. The average molecular weight is 233 g/mol. The van der Waals surface area contributed by atoms with Crippen LogP contribution < -0.4 is 5.73 Å². The molecule has 5 heteroatoms. The van der Waals surface area contributed by atoms with Gasteiger partial charge in [-0.3, -0.25) is 4.79 Å². The van der Waals surface area contributed by atoms with E-state index in [9.17, 15) is 4.79 Å². The van der Waals surface area contributed by atoms with Crippen molar-refractivity contribution in [3.63, 3.8) is 0 Å². The molecule has 0 aliphatic heterocycles. The van der Waals surface area contributed by atoms with E-state index in [1.54, 1.807) is 6.07 Å². The Morgan fingerprint density at radius 1 is 1.41 bits per heavy atom. The van der Waals surface area contributed by atoms with Crippen LogP contribution in [-0.4, -0.2) is 16.0 Å². The summed E-state index contributed by atoms with van der Waals surface area (Å²) in [5.41, 5.74) is 7.25. The molecule has 5 nitrogen and oxygen atoms in total. The largest absolute Gasteiger partial charge is 0.364 e. The number of nitrogens with two attached hydrogens (primary N) is 1. The minimum absolute atomic E-state index is 0.0933. The van der Waals surface area contributed by atoms with Crippen LogP contribution >= 0.6 is 0 Å². The number of primary amides is 1. The van der Waals surface area contributed by atoms with Gasteiger partial charge in [-0.05, 0) is 24.0 Å². The number of rotatable bonds is 2. The van der Waals surface area contributed by atoms with E-state index >= 15 is 0 Å². The van der Waals surface area contributed by atoms with Crippen molar-refractivity contribution in [3.05, 3.63) is 23.5 Å². The molecule has 0 aliphatic rings. The fourth-order valence-corrected chi connectivity index (χ4v) is 1.67. The Balaban J connectivity index is 2.48. The van der Waals surface area contributed by atoms with Crippen LogP contribution in [0.25, 0.3) is 11.1 Å². The van der Waals surface area contributed by atoms with Gasteiger partial charge in [-0.1, -0.05) is 25.9 Å². The number of hydrogen-bond donors (Lipinski definition) is 1. The lowest BCUT2D eigenvalue weighted by atomic mass is 9.90. The number of carbonyl (C=O) groups excluding carboxylic acids is 1. The maximum atomic E-state index is 11.1. The molecular weight excluding hydrogens is 218 g/mol. The lowest BCUT2D eigenvalue weighted by molar-refractivity contribution is 0.0993. The molecule has 2 N–H and O–H groups in total. The molecule has 2 rings (SSSR count). The molecule has 0 aliphatic carbocycles. The normalized spacial score (nSPS) is 11.9. The van der Waals surface area contributed by atoms with Crippen LogP contribution in [0.5, 0.6) is 0 Å². The molecule has 0 aromatic carbocycles. The van der Waals surface area contributed by atoms with Gasteiger partial charge in [0.25, 0.3) is 5.91 Å². The molecule has 0 unspecified atom stereocenters. The van der Waals surface area contributed by atoms with E-state index < -0.39 is 5.91 Å². The van der Waals surface area contributed by atoms with Gasteiger partial charge in [0.2, 0.25) is 0 Å². The maximum Gasteiger partial charge on any atom is 0.273 e. The molecule has 0 saturated carbocycles. The van der Waals surface area contributed by atoms with E-state index in [0.717, 1.165) is 12.1 Å². The van der Waals surface area contributed by atoms with Crippen LogP contribution in [-0.2, 0) is 6.42 Å². The number of carbonyl (C=O) groups is 1. The first-order chi connectivity index (χ1) is 7.87. The van der Waals surface area contributed by atoms with Gasteiger partial charge < -0.3 is 10.3 Å². The molecule has 0 radical (unpaired) electrons. The zero-order chi connectivity index (χ0) is 12.6. The third-order valence-corrected chi connectivity index (χ3v) is 2.32. The summed E-state index contributed by atoms with van der Waals surface area (Å²) in [7, 11) is 0. The minimum atomic E-state index is -0.621. The highest BCUT2D eigenvalue weighted by Gasteiger charge is 2.17. The molecule has 0 atom stereocenters. The standard InChI is InChI=1S/C12H15N3O2/c1-12(2,3)6-7-4-5-8-9(14-7)10(11(13)16)15-17-8/h4-5H,6H2,1-3H3,(H2,13,16). The fourth-order valence-electron chi connectivity index (χ4n) is 1.67. The second-order valence-corrected chi connectivity index (χ2v) is 5.28. The summed E-state index contributed by atoms with van der Waals surface area (Å²) in [5.74, 6) is -0.621. The predicted molar refractivity (Wildman–Crippen MR) is 63.5 cm³/mol. The van der Waals surface area contributed by atoms with E-state index in [4.69, 9.17) is 10.3 Å². The highest BCUT2D eigenvalue weighted by Crippen LogP contribution is 2.22. The van der Waals surface area contributed by atoms with Gasteiger partial charge in [0.1, 0.15) is 5.52 Å². The number of fused-ring (bicyclic) bond motifs is 1.